The maximum absolute atomic E-state index is 9.43. The van der Waals surface area contributed by atoms with Crippen molar-refractivity contribution in [2.24, 2.45) is 0 Å². The maximum Gasteiger partial charge on any atom is 0.209 e. The van der Waals surface area contributed by atoms with E-state index in [9.17, 15) is 4.79 Å². The van der Waals surface area contributed by atoms with Gasteiger partial charge in [-0.25, -0.2) is 9.97 Å². The van der Waals surface area contributed by atoms with E-state index >= 15 is 0 Å². The Bertz CT molecular complexity index is 1200. The molecule has 192 valence electrons. The molecular formula is C26H35N7O2S. The summed E-state index contributed by atoms with van der Waals surface area (Å²) in [5, 5.41) is 12.3. The molecule has 10 heteroatoms. The number of amides is 1. The summed E-state index contributed by atoms with van der Waals surface area (Å²) in [5.41, 5.74) is 9.52. The van der Waals surface area contributed by atoms with Crippen LogP contribution in [-0.2, 0) is 17.6 Å². The normalized spacial score (nSPS) is 15.1. The highest BCUT2D eigenvalue weighted by Crippen LogP contribution is 2.40. The van der Waals surface area contributed by atoms with Crippen LogP contribution < -0.4 is 15.8 Å². The summed E-state index contributed by atoms with van der Waals surface area (Å²) >= 11 is 1.78. The zero-order valence-corrected chi connectivity index (χ0v) is 21.9. The van der Waals surface area contributed by atoms with Gasteiger partial charge in [0, 0.05) is 49.0 Å². The second-order valence-electron chi connectivity index (χ2n) is 9.33. The molecule has 1 aromatic carbocycles. The number of nitrogens with one attached hydrogen (secondary N) is 2. The van der Waals surface area contributed by atoms with E-state index < -0.39 is 0 Å². The highest BCUT2D eigenvalue weighted by molar-refractivity contribution is 7.19. The Morgan fingerprint density at radius 2 is 1.94 bits per heavy atom. The average Bonchev–Trinajstić information content (AvgIpc) is 3.54. The summed E-state index contributed by atoms with van der Waals surface area (Å²) in [4.78, 5) is 24.9. The van der Waals surface area contributed by atoms with Gasteiger partial charge in [0.05, 0.1) is 11.1 Å². The highest BCUT2D eigenvalue weighted by atomic mass is 32.1. The maximum atomic E-state index is 9.43. The van der Waals surface area contributed by atoms with E-state index in [1.165, 1.54) is 47.2 Å². The number of nitrogens with two attached hydrogens (primary N) is 1. The predicted molar refractivity (Wildman–Crippen MR) is 147 cm³/mol. The van der Waals surface area contributed by atoms with Crippen LogP contribution in [0, 0.1) is 5.41 Å². The lowest BCUT2D eigenvalue weighted by Gasteiger charge is -2.18. The highest BCUT2D eigenvalue weighted by Gasteiger charge is 2.21. The number of anilines is 3. The minimum absolute atomic E-state index is 0.539. The molecule has 0 atom stereocenters. The number of nitrogen functional groups attached to an aromatic ring is 1. The molecule has 2 aromatic heterocycles. The predicted octanol–water partition coefficient (Wildman–Crippen LogP) is 4.07. The van der Waals surface area contributed by atoms with E-state index in [4.69, 9.17) is 15.9 Å². The number of likely N-dealkylation sites (tertiary alicyclic amines) is 1. The summed E-state index contributed by atoms with van der Waals surface area (Å²) in [6.45, 7) is 3.80. The van der Waals surface area contributed by atoms with Crippen LogP contribution in [0.3, 0.4) is 0 Å². The van der Waals surface area contributed by atoms with Crippen LogP contribution in [0.2, 0.25) is 0 Å². The summed E-state index contributed by atoms with van der Waals surface area (Å²) in [5.74, 6) is 1.49. The number of rotatable bonds is 8. The van der Waals surface area contributed by atoms with E-state index in [2.05, 4.69) is 20.2 Å². The topological polar surface area (TPSA) is 120 Å². The number of aryl methyl sites for hydroxylation is 2. The molecule has 1 aliphatic heterocycles. The van der Waals surface area contributed by atoms with Gasteiger partial charge in [0.2, 0.25) is 6.41 Å². The van der Waals surface area contributed by atoms with Gasteiger partial charge in [-0.15, -0.1) is 11.3 Å². The third-order valence-electron chi connectivity index (χ3n) is 6.42. The standard InChI is InChI=1S/C23H28N6OS.C3H7NO/c24-13-15-11-18(19(12-17(15)25)30-10-9-29-7-3-4-8-29)28-22-21-16-5-1-2-6-20(16)31-23(21)27-14-26-22;1-4(2)3-5/h11-14,24H,1-10,25H2,(H,26,27,28);3H,1-2H3. The van der Waals surface area contributed by atoms with E-state index in [-0.39, 0.29) is 0 Å². The number of benzene rings is 1. The van der Waals surface area contributed by atoms with Crippen LogP contribution >= 0.6 is 11.3 Å². The van der Waals surface area contributed by atoms with Crippen molar-refractivity contribution in [1.82, 2.24) is 19.8 Å². The number of carbonyl (C=O) groups excluding carboxylic acids is 1. The Hall–Kier alpha value is -3.24. The lowest BCUT2D eigenvalue weighted by Crippen LogP contribution is -2.25. The average molecular weight is 510 g/mol. The van der Waals surface area contributed by atoms with Gasteiger partial charge in [0.1, 0.15) is 29.3 Å². The summed E-state index contributed by atoms with van der Waals surface area (Å²) < 4.78 is 6.16. The van der Waals surface area contributed by atoms with Crippen molar-refractivity contribution in [2.45, 2.75) is 38.5 Å². The van der Waals surface area contributed by atoms with Crippen LogP contribution in [0.5, 0.6) is 5.75 Å². The van der Waals surface area contributed by atoms with Crippen LogP contribution in [0.15, 0.2) is 18.5 Å². The molecule has 0 radical (unpaired) electrons. The molecule has 5 rings (SSSR count). The lowest BCUT2D eigenvalue weighted by atomic mass is 9.97. The number of ether oxygens (including phenoxy) is 1. The van der Waals surface area contributed by atoms with Crippen molar-refractivity contribution in [2.75, 3.05) is 51.4 Å². The van der Waals surface area contributed by atoms with Gasteiger partial charge < -0.3 is 26.1 Å². The zero-order chi connectivity index (χ0) is 25.5. The largest absolute Gasteiger partial charge is 0.490 e. The molecule has 0 saturated carbocycles. The zero-order valence-electron chi connectivity index (χ0n) is 21.0. The molecule has 0 unspecified atom stereocenters. The first-order chi connectivity index (χ1) is 17.5. The fourth-order valence-corrected chi connectivity index (χ4v) is 5.79. The first kappa shape index (κ1) is 25.8. The smallest absolute Gasteiger partial charge is 0.209 e. The quantitative estimate of drug-likeness (QED) is 0.238. The SMILES string of the molecule is CN(C)C=O.N=Cc1cc(Nc2ncnc3sc4c(c23)CCCC4)c(OCCN2CCCC2)cc1N. The number of aromatic nitrogens is 2. The van der Waals surface area contributed by atoms with E-state index in [0.717, 1.165) is 60.6 Å². The van der Waals surface area contributed by atoms with Crippen molar-refractivity contribution >= 4 is 51.4 Å². The monoisotopic (exact) mass is 509 g/mol. The van der Waals surface area contributed by atoms with E-state index in [0.29, 0.717) is 23.6 Å². The molecular weight excluding hydrogens is 474 g/mol. The molecule has 1 fully saturated rings. The number of nitrogens with zero attached hydrogens (tertiary/aromatic N) is 4. The number of carbonyl (C=O) groups is 1. The fourth-order valence-electron chi connectivity index (χ4n) is 4.56. The minimum atomic E-state index is 0.539. The Balaban J connectivity index is 0.000000556. The number of fused-ring (bicyclic) bond motifs is 3. The van der Waals surface area contributed by atoms with Crippen molar-refractivity contribution in [3.63, 3.8) is 0 Å². The molecule has 1 saturated heterocycles. The van der Waals surface area contributed by atoms with Crippen molar-refractivity contribution < 1.29 is 9.53 Å². The lowest BCUT2D eigenvalue weighted by molar-refractivity contribution is -0.115. The first-order valence-electron chi connectivity index (χ1n) is 12.4. The van der Waals surface area contributed by atoms with Gasteiger partial charge in [-0.05, 0) is 63.2 Å². The van der Waals surface area contributed by atoms with Gasteiger partial charge in [-0.1, -0.05) is 0 Å². The summed E-state index contributed by atoms with van der Waals surface area (Å²) in [7, 11) is 3.38. The Labute approximate surface area is 216 Å². The Kier molecular flexibility index (Phi) is 8.71. The van der Waals surface area contributed by atoms with Gasteiger partial charge in [0.25, 0.3) is 0 Å². The molecule has 1 aliphatic carbocycles. The molecule has 0 spiro atoms. The molecule has 9 nitrogen and oxygen atoms in total. The van der Waals surface area contributed by atoms with Gasteiger partial charge in [-0.3, -0.25) is 9.69 Å². The van der Waals surface area contributed by atoms with E-state index in [1.807, 2.05) is 12.1 Å². The summed E-state index contributed by atoms with van der Waals surface area (Å²) in [6, 6.07) is 3.69. The molecule has 1 amide bonds. The fraction of sp³-hybridized carbons (Fsp3) is 0.462. The Morgan fingerprint density at radius 1 is 1.19 bits per heavy atom. The first-order valence-corrected chi connectivity index (χ1v) is 13.2. The van der Waals surface area contributed by atoms with Crippen molar-refractivity contribution in [3.8, 4) is 5.75 Å². The molecule has 36 heavy (non-hydrogen) atoms. The van der Waals surface area contributed by atoms with Crippen LogP contribution in [0.25, 0.3) is 10.2 Å². The third-order valence-corrected chi connectivity index (χ3v) is 7.62. The molecule has 4 N–H and O–H groups in total. The third kappa shape index (κ3) is 6.11. The van der Waals surface area contributed by atoms with Crippen LogP contribution in [0.1, 0.15) is 41.7 Å². The second-order valence-corrected chi connectivity index (χ2v) is 10.4. The number of hydrogen-bond donors (Lipinski definition) is 3. The molecule has 3 aromatic rings. The van der Waals surface area contributed by atoms with Crippen molar-refractivity contribution in [3.05, 3.63) is 34.5 Å². The van der Waals surface area contributed by atoms with Gasteiger partial charge in [-0.2, -0.15) is 0 Å². The van der Waals surface area contributed by atoms with Crippen LogP contribution in [0.4, 0.5) is 17.2 Å². The minimum Gasteiger partial charge on any atom is -0.490 e. The second kappa shape index (κ2) is 12.1. The molecule has 2 aliphatic rings. The number of hydrogen-bond acceptors (Lipinski definition) is 9. The van der Waals surface area contributed by atoms with Crippen molar-refractivity contribution in [1.29, 1.82) is 5.41 Å². The van der Waals surface area contributed by atoms with Gasteiger partial charge in [0.15, 0.2) is 0 Å². The summed E-state index contributed by atoms with van der Waals surface area (Å²) in [6.07, 6.45) is 10.8. The van der Waals surface area contributed by atoms with Crippen LogP contribution in [-0.4, -0.2) is 72.7 Å². The van der Waals surface area contributed by atoms with E-state index in [1.54, 1.807) is 31.8 Å². The number of thiophene rings is 1. The molecule has 0 bridgehead atoms. The molecule has 3 heterocycles. The van der Waals surface area contributed by atoms with Gasteiger partial charge >= 0.3 is 0 Å². The Morgan fingerprint density at radius 3 is 2.67 bits per heavy atom.